The zero-order valence-electron chi connectivity index (χ0n) is 15.8. The number of nitrogens with one attached hydrogen (secondary N) is 1. The smallest absolute Gasteiger partial charge is 0.261 e. The molecular weight excluding hydrogens is 352 g/mol. The molecule has 28 heavy (non-hydrogen) atoms. The molecule has 5 heteroatoms. The van der Waals surface area contributed by atoms with Crippen molar-refractivity contribution in [1.29, 1.82) is 0 Å². The third-order valence-electron chi connectivity index (χ3n) is 5.25. The van der Waals surface area contributed by atoms with Crippen molar-refractivity contribution < 1.29 is 14.4 Å². The van der Waals surface area contributed by atoms with Gasteiger partial charge in [-0.05, 0) is 54.6 Å². The number of aryl methyl sites for hydroxylation is 2. The Balaban J connectivity index is 1.50. The van der Waals surface area contributed by atoms with E-state index in [0.717, 1.165) is 16.5 Å². The summed E-state index contributed by atoms with van der Waals surface area (Å²) in [6, 6.07) is 16.4. The molecule has 5 nitrogen and oxygen atoms in total. The normalized spacial score (nSPS) is 13.1. The SMILES string of the molecule is Cc1ccc(C(=O)NCCN2C(=O)c3cccc4cccc(c34)C2=O)cc1C. The molecule has 0 saturated heterocycles. The molecule has 0 aliphatic carbocycles. The van der Waals surface area contributed by atoms with Gasteiger partial charge in [-0.3, -0.25) is 19.3 Å². The predicted octanol–water partition coefficient (Wildman–Crippen LogP) is 3.48. The zero-order valence-corrected chi connectivity index (χ0v) is 15.8. The van der Waals surface area contributed by atoms with Crippen LogP contribution >= 0.6 is 0 Å². The van der Waals surface area contributed by atoms with Gasteiger partial charge in [0, 0.05) is 35.2 Å². The van der Waals surface area contributed by atoms with Crippen LogP contribution in [-0.2, 0) is 0 Å². The van der Waals surface area contributed by atoms with Gasteiger partial charge in [-0.1, -0.05) is 30.3 Å². The van der Waals surface area contributed by atoms with E-state index in [9.17, 15) is 14.4 Å². The van der Waals surface area contributed by atoms with Crippen molar-refractivity contribution in [2.24, 2.45) is 0 Å². The molecule has 0 aromatic heterocycles. The van der Waals surface area contributed by atoms with E-state index >= 15 is 0 Å². The molecule has 1 heterocycles. The molecule has 1 aliphatic rings. The summed E-state index contributed by atoms with van der Waals surface area (Å²) in [6.45, 7) is 4.26. The van der Waals surface area contributed by atoms with Gasteiger partial charge in [0.05, 0.1) is 0 Å². The van der Waals surface area contributed by atoms with Gasteiger partial charge in [-0.15, -0.1) is 0 Å². The minimum Gasteiger partial charge on any atom is -0.350 e. The highest BCUT2D eigenvalue weighted by Gasteiger charge is 2.32. The third-order valence-corrected chi connectivity index (χ3v) is 5.25. The second kappa shape index (κ2) is 6.93. The van der Waals surface area contributed by atoms with Crippen molar-refractivity contribution in [2.45, 2.75) is 13.8 Å². The molecule has 0 unspecified atom stereocenters. The highest BCUT2D eigenvalue weighted by molar-refractivity contribution is 6.25. The number of benzene rings is 3. The number of nitrogens with zero attached hydrogens (tertiary/aromatic N) is 1. The summed E-state index contributed by atoms with van der Waals surface area (Å²) >= 11 is 0. The maximum absolute atomic E-state index is 12.8. The second-order valence-corrected chi connectivity index (χ2v) is 7.03. The fourth-order valence-corrected chi connectivity index (χ4v) is 3.55. The van der Waals surface area contributed by atoms with Gasteiger partial charge in [0.25, 0.3) is 17.7 Å². The predicted molar refractivity (Wildman–Crippen MR) is 108 cm³/mol. The number of imide groups is 1. The van der Waals surface area contributed by atoms with E-state index in [4.69, 9.17) is 0 Å². The molecule has 3 amide bonds. The fraction of sp³-hybridized carbons (Fsp3) is 0.174. The lowest BCUT2D eigenvalue weighted by Gasteiger charge is -2.27. The van der Waals surface area contributed by atoms with E-state index < -0.39 is 0 Å². The molecule has 3 aromatic rings. The standard InChI is InChI=1S/C23H20N2O3/c1-14-9-10-17(13-15(14)2)21(26)24-11-12-25-22(27)18-7-3-5-16-6-4-8-19(20(16)18)23(25)28/h3-10,13H,11-12H2,1-2H3,(H,24,26). The van der Waals surface area contributed by atoms with E-state index in [0.29, 0.717) is 22.1 Å². The van der Waals surface area contributed by atoms with Gasteiger partial charge < -0.3 is 5.32 Å². The molecule has 0 spiro atoms. The Bertz CT molecular complexity index is 1080. The van der Waals surface area contributed by atoms with Crippen molar-refractivity contribution in [3.8, 4) is 0 Å². The van der Waals surface area contributed by atoms with Crippen LogP contribution in [0.15, 0.2) is 54.6 Å². The summed E-state index contributed by atoms with van der Waals surface area (Å²) in [5.74, 6) is -0.869. The van der Waals surface area contributed by atoms with Crippen molar-refractivity contribution in [2.75, 3.05) is 13.1 Å². The van der Waals surface area contributed by atoms with Crippen LogP contribution in [0, 0.1) is 13.8 Å². The van der Waals surface area contributed by atoms with Crippen LogP contribution in [0.4, 0.5) is 0 Å². The monoisotopic (exact) mass is 372 g/mol. The summed E-state index contributed by atoms with van der Waals surface area (Å²) in [4.78, 5) is 39.2. The van der Waals surface area contributed by atoms with Crippen LogP contribution < -0.4 is 5.32 Å². The van der Waals surface area contributed by atoms with E-state index in [1.807, 2.05) is 50.2 Å². The quantitative estimate of drug-likeness (QED) is 0.713. The number of amides is 3. The molecule has 0 saturated carbocycles. The Kier molecular flexibility index (Phi) is 4.43. The van der Waals surface area contributed by atoms with Gasteiger partial charge in [0.1, 0.15) is 0 Å². The third kappa shape index (κ3) is 2.95. The van der Waals surface area contributed by atoms with Gasteiger partial charge in [0.15, 0.2) is 0 Å². The molecule has 0 bridgehead atoms. The molecule has 0 fully saturated rings. The number of hydrogen-bond acceptors (Lipinski definition) is 3. The van der Waals surface area contributed by atoms with E-state index in [2.05, 4.69) is 5.32 Å². The number of rotatable bonds is 4. The first kappa shape index (κ1) is 17.9. The van der Waals surface area contributed by atoms with E-state index in [1.165, 1.54) is 4.90 Å². The number of carbonyl (C=O) groups is 3. The summed E-state index contributed by atoms with van der Waals surface area (Å²) in [6.07, 6.45) is 0. The summed E-state index contributed by atoms with van der Waals surface area (Å²) in [7, 11) is 0. The van der Waals surface area contributed by atoms with E-state index in [-0.39, 0.29) is 30.8 Å². The highest BCUT2D eigenvalue weighted by Crippen LogP contribution is 2.29. The summed E-state index contributed by atoms with van der Waals surface area (Å²) < 4.78 is 0. The lowest BCUT2D eigenvalue weighted by molar-refractivity contribution is 0.0607. The molecule has 0 atom stereocenters. The van der Waals surface area contributed by atoms with Crippen molar-refractivity contribution in [3.05, 3.63) is 82.4 Å². The van der Waals surface area contributed by atoms with Crippen LogP contribution in [0.1, 0.15) is 42.2 Å². The number of carbonyl (C=O) groups excluding carboxylic acids is 3. The van der Waals surface area contributed by atoms with Gasteiger partial charge in [-0.25, -0.2) is 0 Å². The topological polar surface area (TPSA) is 66.5 Å². The fourth-order valence-electron chi connectivity index (χ4n) is 3.55. The lowest BCUT2D eigenvalue weighted by Crippen LogP contribution is -2.44. The van der Waals surface area contributed by atoms with Crippen molar-refractivity contribution in [1.82, 2.24) is 10.2 Å². The maximum Gasteiger partial charge on any atom is 0.261 e. The molecule has 0 radical (unpaired) electrons. The van der Waals surface area contributed by atoms with Gasteiger partial charge >= 0.3 is 0 Å². The Morgan fingerprint density at radius 3 is 2.14 bits per heavy atom. The summed E-state index contributed by atoms with van der Waals surface area (Å²) in [5.41, 5.74) is 3.77. The van der Waals surface area contributed by atoms with Crippen molar-refractivity contribution >= 4 is 28.5 Å². The van der Waals surface area contributed by atoms with Crippen molar-refractivity contribution in [3.63, 3.8) is 0 Å². The minimum atomic E-state index is -0.324. The van der Waals surface area contributed by atoms with E-state index in [1.54, 1.807) is 18.2 Å². The average Bonchev–Trinajstić information content (AvgIpc) is 2.70. The van der Waals surface area contributed by atoms with Crippen LogP contribution in [-0.4, -0.2) is 35.7 Å². The lowest BCUT2D eigenvalue weighted by atomic mass is 9.94. The molecule has 1 aliphatic heterocycles. The first-order valence-electron chi connectivity index (χ1n) is 9.21. The first-order chi connectivity index (χ1) is 13.5. The molecule has 1 N–H and O–H groups in total. The Labute approximate surface area is 163 Å². The Hall–Kier alpha value is -3.47. The zero-order chi connectivity index (χ0) is 19.8. The average molecular weight is 372 g/mol. The summed E-state index contributed by atoms with van der Waals surface area (Å²) in [5, 5.41) is 4.38. The highest BCUT2D eigenvalue weighted by atomic mass is 16.2. The minimum absolute atomic E-state index is 0.124. The molecular formula is C23H20N2O3. The number of hydrogen-bond donors (Lipinski definition) is 1. The molecule has 3 aromatic carbocycles. The van der Waals surface area contributed by atoms with Crippen LogP contribution in [0.5, 0.6) is 0 Å². The second-order valence-electron chi connectivity index (χ2n) is 7.03. The first-order valence-corrected chi connectivity index (χ1v) is 9.21. The van der Waals surface area contributed by atoms with Crippen LogP contribution in [0.3, 0.4) is 0 Å². The Morgan fingerprint density at radius 1 is 0.893 bits per heavy atom. The molecule has 140 valence electrons. The maximum atomic E-state index is 12.8. The van der Waals surface area contributed by atoms with Gasteiger partial charge in [0.2, 0.25) is 0 Å². The molecule has 4 rings (SSSR count). The van der Waals surface area contributed by atoms with Gasteiger partial charge in [-0.2, -0.15) is 0 Å². The van der Waals surface area contributed by atoms with Crippen LogP contribution in [0.2, 0.25) is 0 Å². The Morgan fingerprint density at radius 2 is 1.54 bits per heavy atom. The van der Waals surface area contributed by atoms with Crippen LogP contribution in [0.25, 0.3) is 10.8 Å². The largest absolute Gasteiger partial charge is 0.350 e.